The molecule has 0 heterocycles. The smallest absolute Gasteiger partial charge is 0.261 e. The number of hydrogen-bond acceptors (Lipinski definition) is 3. The van der Waals surface area contributed by atoms with Crippen LogP contribution in [0.5, 0.6) is 5.75 Å². The zero-order valence-corrected chi connectivity index (χ0v) is 20.1. The molecule has 1 fully saturated rings. The second-order valence-corrected chi connectivity index (χ2v) is 9.11. The third kappa shape index (κ3) is 6.39. The highest BCUT2D eigenvalue weighted by Crippen LogP contribution is 2.27. The second kappa shape index (κ2) is 11.6. The molecule has 0 aliphatic heterocycles. The molecular weight excluding hydrogens is 447 g/mol. The molecule has 0 aromatic heterocycles. The Morgan fingerprint density at radius 2 is 1.72 bits per heavy atom. The highest BCUT2D eigenvalue weighted by atomic mass is 35.5. The Morgan fingerprint density at radius 3 is 2.38 bits per heavy atom. The van der Waals surface area contributed by atoms with Gasteiger partial charge in [0, 0.05) is 28.2 Å². The fourth-order valence-electron chi connectivity index (χ4n) is 3.95. The summed E-state index contributed by atoms with van der Waals surface area (Å²) in [7, 11) is 0. The molecule has 0 bridgehead atoms. The van der Waals surface area contributed by atoms with Crippen LogP contribution in [-0.2, 0) is 16.1 Å². The van der Waals surface area contributed by atoms with Crippen LogP contribution in [0.15, 0.2) is 42.5 Å². The molecule has 32 heavy (non-hydrogen) atoms. The summed E-state index contributed by atoms with van der Waals surface area (Å²) >= 11 is 12.7. The van der Waals surface area contributed by atoms with E-state index in [2.05, 4.69) is 5.32 Å². The van der Waals surface area contributed by atoms with Crippen molar-refractivity contribution in [3.63, 3.8) is 0 Å². The Labute approximate surface area is 200 Å². The number of rotatable bonds is 8. The summed E-state index contributed by atoms with van der Waals surface area (Å²) in [5.74, 6) is 0.149. The zero-order chi connectivity index (χ0) is 23.1. The van der Waals surface area contributed by atoms with Crippen LogP contribution in [0.1, 0.15) is 50.2 Å². The molecule has 1 saturated carbocycles. The molecular formula is C25H30Cl2N2O3. The fraction of sp³-hybridized carbons (Fsp3) is 0.440. The number of aryl methyl sites for hydroxylation is 1. The van der Waals surface area contributed by atoms with E-state index in [1.807, 2.05) is 31.2 Å². The maximum atomic E-state index is 13.2. The number of nitrogens with one attached hydrogen (secondary N) is 1. The molecule has 2 aromatic carbocycles. The Hall–Kier alpha value is -2.24. The lowest BCUT2D eigenvalue weighted by atomic mass is 9.95. The molecule has 1 aliphatic carbocycles. The Morgan fingerprint density at radius 1 is 1.06 bits per heavy atom. The quantitative estimate of drug-likeness (QED) is 0.543. The number of ether oxygens (including phenoxy) is 1. The summed E-state index contributed by atoms with van der Waals surface area (Å²) in [5.41, 5.74) is 1.54. The number of hydrogen-bond donors (Lipinski definition) is 1. The summed E-state index contributed by atoms with van der Waals surface area (Å²) in [6.07, 6.45) is 5.37. The van der Waals surface area contributed by atoms with Gasteiger partial charge in [-0.25, -0.2) is 0 Å². The van der Waals surface area contributed by atoms with Gasteiger partial charge in [-0.3, -0.25) is 9.59 Å². The average molecular weight is 477 g/mol. The molecule has 2 aromatic rings. The van der Waals surface area contributed by atoms with Crippen LogP contribution in [0.25, 0.3) is 0 Å². The lowest BCUT2D eigenvalue weighted by Gasteiger charge is -2.31. The van der Waals surface area contributed by atoms with Gasteiger partial charge in [0.2, 0.25) is 5.91 Å². The number of halogens is 2. The molecule has 172 valence electrons. The van der Waals surface area contributed by atoms with Crippen molar-refractivity contribution in [3.05, 3.63) is 63.6 Å². The average Bonchev–Trinajstić information content (AvgIpc) is 2.78. The van der Waals surface area contributed by atoms with Crippen LogP contribution in [-0.4, -0.2) is 35.4 Å². The van der Waals surface area contributed by atoms with Crippen molar-refractivity contribution in [2.45, 2.75) is 64.6 Å². The first-order valence-corrected chi connectivity index (χ1v) is 11.8. The highest BCUT2D eigenvalue weighted by molar-refractivity contribution is 6.36. The molecule has 7 heteroatoms. The van der Waals surface area contributed by atoms with Crippen molar-refractivity contribution >= 4 is 35.0 Å². The van der Waals surface area contributed by atoms with Gasteiger partial charge in [0.25, 0.3) is 5.91 Å². The van der Waals surface area contributed by atoms with Crippen molar-refractivity contribution in [2.75, 3.05) is 6.61 Å². The first-order valence-electron chi connectivity index (χ1n) is 11.1. The SMILES string of the molecule is Cc1ccccc1OCC(=O)N(Cc1c(Cl)cccc1Cl)[C@@H](C)C(=O)NC1CCCCC1. The topological polar surface area (TPSA) is 58.6 Å². The Bertz CT molecular complexity index is 924. The molecule has 0 unspecified atom stereocenters. The van der Waals surface area contributed by atoms with E-state index < -0.39 is 6.04 Å². The van der Waals surface area contributed by atoms with E-state index in [-0.39, 0.29) is 31.0 Å². The van der Waals surface area contributed by atoms with Crippen molar-refractivity contribution in [1.29, 1.82) is 0 Å². The number of amides is 2. The van der Waals surface area contributed by atoms with Crippen LogP contribution >= 0.6 is 23.2 Å². The van der Waals surface area contributed by atoms with Crippen molar-refractivity contribution in [1.82, 2.24) is 10.2 Å². The number of nitrogens with zero attached hydrogens (tertiary/aromatic N) is 1. The molecule has 1 atom stereocenters. The van der Waals surface area contributed by atoms with Crippen LogP contribution < -0.4 is 10.1 Å². The van der Waals surface area contributed by atoms with Crippen molar-refractivity contribution in [2.24, 2.45) is 0 Å². The van der Waals surface area contributed by atoms with E-state index in [9.17, 15) is 9.59 Å². The Balaban J connectivity index is 1.77. The van der Waals surface area contributed by atoms with Crippen LogP contribution in [0.2, 0.25) is 10.0 Å². The summed E-state index contributed by atoms with van der Waals surface area (Å²) in [6, 6.07) is 12.2. The molecule has 1 aliphatic rings. The van der Waals surface area contributed by atoms with Crippen LogP contribution in [0, 0.1) is 6.92 Å². The molecule has 3 rings (SSSR count). The number of carbonyl (C=O) groups is 2. The maximum absolute atomic E-state index is 13.2. The predicted molar refractivity (Wildman–Crippen MR) is 128 cm³/mol. The molecule has 0 saturated heterocycles. The van der Waals surface area contributed by atoms with E-state index in [0.29, 0.717) is 21.4 Å². The summed E-state index contributed by atoms with van der Waals surface area (Å²) in [6.45, 7) is 3.58. The zero-order valence-electron chi connectivity index (χ0n) is 18.6. The first kappa shape index (κ1) is 24.4. The lowest BCUT2D eigenvalue weighted by molar-refractivity contribution is -0.142. The van der Waals surface area contributed by atoms with Gasteiger partial charge in [0.05, 0.1) is 0 Å². The highest BCUT2D eigenvalue weighted by Gasteiger charge is 2.29. The van der Waals surface area contributed by atoms with Crippen molar-refractivity contribution in [3.8, 4) is 5.75 Å². The minimum Gasteiger partial charge on any atom is -0.484 e. The summed E-state index contributed by atoms with van der Waals surface area (Å²) < 4.78 is 5.77. The second-order valence-electron chi connectivity index (χ2n) is 8.30. The first-order chi connectivity index (χ1) is 15.4. The molecule has 2 amide bonds. The summed E-state index contributed by atoms with van der Waals surface area (Å²) in [5, 5.41) is 4.02. The monoisotopic (exact) mass is 476 g/mol. The van der Waals surface area contributed by atoms with Gasteiger partial charge in [-0.2, -0.15) is 0 Å². The third-order valence-corrected chi connectivity index (χ3v) is 6.66. The van der Waals surface area contributed by atoms with Crippen molar-refractivity contribution < 1.29 is 14.3 Å². The standard InChI is InChI=1S/C25H30Cl2N2O3/c1-17-9-6-7-14-23(17)32-16-24(30)29(15-20-21(26)12-8-13-22(20)27)18(2)25(31)28-19-10-4-3-5-11-19/h6-9,12-14,18-19H,3-5,10-11,15-16H2,1-2H3,(H,28,31)/t18-/m0/s1. The van der Waals surface area contributed by atoms with E-state index in [1.165, 1.54) is 11.3 Å². The van der Waals surface area contributed by atoms with Crippen LogP contribution in [0.4, 0.5) is 0 Å². The van der Waals surface area contributed by atoms with Gasteiger partial charge in [-0.1, -0.05) is 66.7 Å². The molecule has 1 N–H and O–H groups in total. The predicted octanol–water partition coefficient (Wildman–Crippen LogP) is 5.55. The molecule has 0 spiro atoms. The van der Waals surface area contributed by atoms with E-state index in [0.717, 1.165) is 31.2 Å². The van der Waals surface area contributed by atoms with E-state index in [1.54, 1.807) is 25.1 Å². The third-order valence-electron chi connectivity index (χ3n) is 5.95. The van der Waals surface area contributed by atoms with E-state index in [4.69, 9.17) is 27.9 Å². The summed E-state index contributed by atoms with van der Waals surface area (Å²) in [4.78, 5) is 27.8. The minimum atomic E-state index is -0.697. The number of para-hydroxylation sites is 1. The normalized spacial score (nSPS) is 15.1. The number of benzene rings is 2. The van der Waals surface area contributed by atoms with Crippen LogP contribution in [0.3, 0.4) is 0 Å². The van der Waals surface area contributed by atoms with E-state index >= 15 is 0 Å². The Kier molecular flexibility index (Phi) is 8.83. The van der Waals surface area contributed by atoms with Gasteiger partial charge < -0.3 is 15.0 Å². The van der Waals surface area contributed by atoms with Gasteiger partial charge in [0.1, 0.15) is 11.8 Å². The number of carbonyl (C=O) groups excluding carboxylic acids is 2. The minimum absolute atomic E-state index is 0.119. The molecule has 0 radical (unpaired) electrons. The van der Waals surface area contributed by atoms with Gasteiger partial charge in [-0.15, -0.1) is 0 Å². The van der Waals surface area contributed by atoms with Gasteiger partial charge >= 0.3 is 0 Å². The largest absolute Gasteiger partial charge is 0.484 e. The van der Waals surface area contributed by atoms with Gasteiger partial charge in [-0.05, 0) is 50.5 Å². The maximum Gasteiger partial charge on any atom is 0.261 e. The lowest BCUT2D eigenvalue weighted by Crippen LogP contribution is -2.51. The molecule has 5 nitrogen and oxygen atoms in total. The van der Waals surface area contributed by atoms with Gasteiger partial charge in [0.15, 0.2) is 6.61 Å². The fourth-order valence-corrected chi connectivity index (χ4v) is 4.46.